The molecule has 174 valence electrons. The van der Waals surface area contributed by atoms with Gasteiger partial charge >= 0.3 is 0 Å². The molecule has 0 radical (unpaired) electrons. The van der Waals surface area contributed by atoms with Crippen LogP contribution in [0.5, 0.6) is 0 Å². The van der Waals surface area contributed by atoms with E-state index in [2.05, 4.69) is 10.2 Å². The maximum atomic E-state index is 13.0. The van der Waals surface area contributed by atoms with Gasteiger partial charge in [-0.15, -0.1) is 0 Å². The summed E-state index contributed by atoms with van der Waals surface area (Å²) in [4.78, 5) is 39.8. The number of amides is 2. The standard InChI is InChI=1S/C24H29N5O4/c25-23(30)22-10-5-13-28(22)16-18-6-1-2-7-19(18)26-24(31)17-11-14-27(15-12-17)20-8-3-4-9-21(20)29(32)33/h1-4,6-9,17,22H,5,10-16H2,(H2,25,30)(H,26,31). The maximum absolute atomic E-state index is 13.0. The van der Waals surface area contributed by atoms with E-state index in [0.29, 0.717) is 38.2 Å². The van der Waals surface area contributed by atoms with Gasteiger partial charge in [0.25, 0.3) is 5.69 Å². The van der Waals surface area contributed by atoms with E-state index in [1.807, 2.05) is 29.2 Å². The maximum Gasteiger partial charge on any atom is 0.292 e. The van der Waals surface area contributed by atoms with Crippen molar-refractivity contribution >= 4 is 28.9 Å². The fourth-order valence-electron chi connectivity index (χ4n) is 4.84. The van der Waals surface area contributed by atoms with Gasteiger partial charge in [-0.2, -0.15) is 0 Å². The van der Waals surface area contributed by atoms with Gasteiger partial charge in [0.05, 0.1) is 11.0 Å². The fraction of sp³-hybridized carbons (Fsp3) is 0.417. The summed E-state index contributed by atoms with van der Waals surface area (Å²) in [6.07, 6.45) is 2.94. The zero-order valence-corrected chi connectivity index (χ0v) is 18.5. The van der Waals surface area contributed by atoms with Gasteiger partial charge in [-0.25, -0.2) is 0 Å². The van der Waals surface area contributed by atoms with Crippen LogP contribution in [0.4, 0.5) is 17.1 Å². The van der Waals surface area contributed by atoms with Gasteiger partial charge in [-0.05, 0) is 49.9 Å². The first-order valence-corrected chi connectivity index (χ1v) is 11.3. The van der Waals surface area contributed by atoms with E-state index >= 15 is 0 Å². The highest BCUT2D eigenvalue weighted by Gasteiger charge is 2.31. The molecular formula is C24H29N5O4. The largest absolute Gasteiger partial charge is 0.368 e. The molecule has 4 rings (SSSR count). The third-order valence-electron chi connectivity index (χ3n) is 6.63. The fourth-order valence-corrected chi connectivity index (χ4v) is 4.84. The Hall–Kier alpha value is -3.46. The normalized spacial score (nSPS) is 19.4. The zero-order chi connectivity index (χ0) is 23.4. The van der Waals surface area contributed by atoms with Gasteiger partial charge < -0.3 is 16.0 Å². The molecule has 3 N–H and O–H groups in total. The monoisotopic (exact) mass is 451 g/mol. The average Bonchev–Trinajstić information content (AvgIpc) is 3.29. The number of nitro benzene ring substituents is 1. The van der Waals surface area contributed by atoms with E-state index in [0.717, 1.165) is 30.6 Å². The second-order valence-electron chi connectivity index (χ2n) is 8.68. The molecule has 0 spiro atoms. The number of nitrogens with two attached hydrogens (primary N) is 1. The summed E-state index contributed by atoms with van der Waals surface area (Å²) >= 11 is 0. The van der Waals surface area contributed by atoms with E-state index < -0.39 is 0 Å². The number of nitrogens with zero attached hydrogens (tertiary/aromatic N) is 3. The number of carbonyl (C=O) groups is 2. The number of benzene rings is 2. The summed E-state index contributed by atoms with van der Waals surface area (Å²) in [5.41, 5.74) is 7.94. The van der Waals surface area contributed by atoms with E-state index in [-0.39, 0.29) is 34.4 Å². The van der Waals surface area contributed by atoms with Gasteiger partial charge in [-0.3, -0.25) is 24.6 Å². The zero-order valence-electron chi connectivity index (χ0n) is 18.5. The molecule has 2 heterocycles. The first kappa shape index (κ1) is 22.7. The molecule has 2 saturated heterocycles. The Balaban J connectivity index is 1.38. The van der Waals surface area contributed by atoms with Crippen LogP contribution in [0.1, 0.15) is 31.2 Å². The van der Waals surface area contributed by atoms with Crippen molar-refractivity contribution in [2.45, 2.75) is 38.3 Å². The first-order valence-electron chi connectivity index (χ1n) is 11.3. The highest BCUT2D eigenvalue weighted by molar-refractivity contribution is 5.93. The highest BCUT2D eigenvalue weighted by atomic mass is 16.6. The molecule has 0 aliphatic carbocycles. The van der Waals surface area contributed by atoms with Crippen molar-refractivity contribution in [1.29, 1.82) is 0 Å². The van der Waals surface area contributed by atoms with Crippen molar-refractivity contribution in [2.75, 3.05) is 29.9 Å². The van der Waals surface area contributed by atoms with Crippen LogP contribution in [0.3, 0.4) is 0 Å². The van der Waals surface area contributed by atoms with Crippen LogP contribution in [0, 0.1) is 16.0 Å². The van der Waals surface area contributed by atoms with Crippen LogP contribution in [0.15, 0.2) is 48.5 Å². The van der Waals surface area contributed by atoms with E-state index in [9.17, 15) is 19.7 Å². The van der Waals surface area contributed by atoms with Crippen LogP contribution in [0.25, 0.3) is 0 Å². The molecule has 33 heavy (non-hydrogen) atoms. The van der Waals surface area contributed by atoms with Crippen LogP contribution >= 0.6 is 0 Å². The number of hydrogen-bond acceptors (Lipinski definition) is 6. The van der Waals surface area contributed by atoms with Gasteiger partial charge in [0, 0.05) is 37.3 Å². The Morgan fingerprint density at radius 2 is 1.73 bits per heavy atom. The Morgan fingerprint density at radius 1 is 1.03 bits per heavy atom. The molecule has 2 aliphatic heterocycles. The van der Waals surface area contributed by atoms with Gasteiger partial charge in [0.1, 0.15) is 5.69 Å². The number of hydrogen-bond donors (Lipinski definition) is 2. The minimum absolute atomic E-state index is 0.0439. The minimum Gasteiger partial charge on any atom is -0.368 e. The molecule has 2 fully saturated rings. The molecule has 0 bridgehead atoms. The number of carbonyl (C=O) groups excluding carboxylic acids is 2. The van der Waals surface area contributed by atoms with Crippen molar-refractivity contribution < 1.29 is 14.5 Å². The number of piperidine rings is 1. The molecule has 1 unspecified atom stereocenters. The lowest BCUT2D eigenvalue weighted by Gasteiger charge is -2.32. The molecule has 1 atom stereocenters. The van der Waals surface area contributed by atoms with Crippen molar-refractivity contribution in [3.63, 3.8) is 0 Å². The second-order valence-corrected chi connectivity index (χ2v) is 8.68. The van der Waals surface area contributed by atoms with Crippen LogP contribution in [-0.2, 0) is 16.1 Å². The first-order chi connectivity index (χ1) is 15.9. The molecule has 0 aromatic heterocycles. The summed E-state index contributed by atoms with van der Waals surface area (Å²) < 4.78 is 0. The lowest BCUT2D eigenvalue weighted by Crippen LogP contribution is -2.40. The number of nitrogens with one attached hydrogen (secondary N) is 1. The van der Waals surface area contributed by atoms with Crippen molar-refractivity contribution in [1.82, 2.24) is 4.90 Å². The Labute approximate surface area is 192 Å². The van der Waals surface area contributed by atoms with Crippen LogP contribution in [-0.4, -0.2) is 47.3 Å². The predicted octanol–water partition coefficient (Wildman–Crippen LogP) is 2.90. The quantitative estimate of drug-likeness (QED) is 0.493. The number of para-hydroxylation sites is 3. The second kappa shape index (κ2) is 9.99. The molecule has 2 aromatic carbocycles. The lowest BCUT2D eigenvalue weighted by molar-refractivity contribution is -0.384. The number of anilines is 2. The van der Waals surface area contributed by atoms with Gasteiger partial charge in [0.15, 0.2) is 0 Å². The number of primary amides is 1. The molecule has 2 aliphatic rings. The lowest BCUT2D eigenvalue weighted by atomic mass is 9.95. The summed E-state index contributed by atoms with van der Waals surface area (Å²) in [6.45, 7) is 2.53. The Morgan fingerprint density at radius 3 is 2.45 bits per heavy atom. The third-order valence-corrected chi connectivity index (χ3v) is 6.63. The third kappa shape index (κ3) is 5.14. The van der Waals surface area contributed by atoms with Crippen molar-refractivity contribution in [3.8, 4) is 0 Å². The van der Waals surface area contributed by atoms with Crippen LogP contribution in [0.2, 0.25) is 0 Å². The van der Waals surface area contributed by atoms with Crippen molar-refractivity contribution in [3.05, 3.63) is 64.2 Å². The molecule has 0 saturated carbocycles. The molecule has 9 heteroatoms. The number of nitro groups is 1. The van der Waals surface area contributed by atoms with Crippen LogP contribution < -0.4 is 16.0 Å². The molecule has 9 nitrogen and oxygen atoms in total. The summed E-state index contributed by atoms with van der Waals surface area (Å²) in [6, 6.07) is 14.1. The smallest absolute Gasteiger partial charge is 0.292 e. The summed E-state index contributed by atoms with van der Waals surface area (Å²) in [5.74, 6) is -0.515. The molecule has 2 aromatic rings. The SMILES string of the molecule is NC(=O)C1CCCN1Cc1ccccc1NC(=O)C1CCN(c2ccccc2[N+](=O)[O-])CC1. The highest BCUT2D eigenvalue weighted by Crippen LogP contribution is 2.32. The van der Waals surface area contributed by atoms with E-state index in [4.69, 9.17) is 5.73 Å². The molecule has 2 amide bonds. The van der Waals surface area contributed by atoms with E-state index in [1.165, 1.54) is 6.07 Å². The number of likely N-dealkylation sites (tertiary alicyclic amines) is 1. The Kier molecular flexibility index (Phi) is 6.88. The van der Waals surface area contributed by atoms with Gasteiger partial charge in [-0.1, -0.05) is 30.3 Å². The average molecular weight is 452 g/mol. The topological polar surface area (TPSA) is 122 Å². The number of rotatable bonds is 7. The van der Waals surface area contributed by atoms with Crippen molar-refractivity contribution in [2.24, 2.45) is 11.7 Å². The molecular weight excluding hydrogens is 422 g/mol. The van der Waals surface area contributed by atoms with Gasteiger partial charge in [0.2, 0.25) is 11.8 Å². The summed E-state index contributed by atoms with van der Waals surface area (Å²) in [5, 5.41) is 14.4. The minimum atomic E-state index is -0.367. The van der Waals surface area contributed by atoms with E-state index in [1.54, 1.807) is 18.2 Å². The predicted molar refractivity (Wildman–Crippen MR) is 126 cm³/mol. The summed E-state index contributed by atoms with van der Waals surface area (Å²) in [7, 11) is 0. The Bertz CT molecular complexity index is 1040.